The van der Waals surface area contributed by atoms with Gasteiger partial charge in [-0.2, -0.15) is 0 Å². The Labute approximate surface area is 75.2 Å². The minimum absolute atomic E-state index is 0.753. The summed E-state index contributed by atoms with van der Waals surface area (Å²) in [5, 5.41) is 17.2. The lowest BCUT2D eigenvalue weighted by atomic mass is 10.2. The quantitative estimate of drug-likeness (QED) is 0.710. The minimum Gasteiger partial charge on any atom is -0.479 e. The monoisotopic (exact) mass is 179 g/mol. The van der Waals surface area contributed by atoms with Gasteiger partial charge in [0.05, 0.1) is 0 Å². The van der Waals surface area contributed by atoms with Gasteiger partial charge in [-0.05, 0) is 17.7 Å². The number of hydrogen-bond acceptors (Lipinski definition) is 3. The van der Waals surface area contributed by atoms with Gasteiger partial charge in [0.15, 0.2) is 6.10 Å². The van der Waals surface area contributed by atoms with Crippen LogP contribution in [0.2, 0.25) is 0 Å². The molecule has 1 aromatic heterocycles. The molecule has 1 heterocycles. The van der Waals surface area contributed by atoms with Crippen molar-refractivity contribution in [2.45, 2.75) is 6.10 Å². The van der Waals surface area contributed by atoms with Crippen molar-refractivity contribution < 1.29 is 15.0 Å². The molecule has 0 saturated carbocycles. The van der Waals surface area contributed by atoms with Crippen molar-refractivity contribution in [2.75, 3.05) is 0 Å². The highest BCUT2D eigenvalue weighted by Crippen LogP contribution is 1.99. The number of hydrogen-bond donors (Lipinski definition) is 2. The maximum Gasteiger partial charge on any atom is 0.336 e. The standard InChI is InChI=1S/C9H9NO3/c11-8(9(12)13)4-3-7-2-1-5-10-6-7/h1-6,8,11H,(H,12,13). The van der Waals surface area contributed by atoms with E-state index in [2.05, 4.69) is 4.98 Å². The third kappa shape index (κ3) is 3.04. The van der Waals surface area contributed by atoms with Crippen LogP contribution in [0.4, 0.5) is 0 Å². The Kier molecular flexibility index (Phi) is 3.16. The van der Waals surface area contributed by atoms with Gasteiger partial charge in [-0.3, -0.25) is 4.98 Å². The fourth-order valence-corrected chi connectivity index (χ4v) is 0.759. The molecular weight excluding hydrogens is 170 g/mol. The molecule has 0 aliphatic heterocycles. The fraction of sp³-hybridized carbons (Fsp3) is 0.111. The zero-order valence-electron chi connectivity index (χ0n) is 6.79. The molecule has 0 bridgehead atoms. The molecule has 0 radical (unpaired) electrons. The lowest BCUT2D eigenvalue weighted by Gasteiger charge is -1.96. The molecule has 1 rings (SSSR count). The molecule has 13 heavy (non-hydrogen) atoms. The number of rotatable bonds is 3. The molecule has 0 amide bonds. The van der Waals surface area contributed by atoms with E-state index < -0.39 is 12.1 Å². The van der Waals surface area contributed by atoms with Crippen LogP contribution in [-0.2, 0) is 4.79 Å². The zero-order valence-corrected chi connectivity index (χ0v) is 6.79. The van der Waals surface area contributed by atoms with Gasteiger partial charge < -0.3 is 10.2 Å². The van der Waals surface area contributed by atoms with Gasteiger partial charge in [0.25, 0.3) is 0 Å². The number of pyridine rings is 1. The summed E-state index contributed by atoms with van der Waals surface area (Å²) >= 11 is 0. The maximum atomic E-state index is 10.2. The van der Waals surface area contributed by atoms with E-state index in [0.717, 1.165) is 5.56 Å². The van der Waals surface area contributed by atoms with Crippen LogP contribution < -0.4 is 0 Å². The number of carboxylic acid groups (broad SMARTS) is 1. The number of carboxylic acids is 1. The first-order valence-corrected chi connectivity index (χ1v) is 3.69. The summed E-state index contributed by atoms with van der Waals surface area (Å²) in [4.78, 5) is 14.0. The topological polar surface area (TPSA) is 70.4 Å². The van der Waals surface area contributed by atoms with E-state index in [4.69, 9.17) is 10.2 Å². The first kappa shape index (κ1) is 9.41. The Bertz CT molecular complexity index is 308. The molecule has 1 aromatic rings. The van der Waals surface area contributed by atoms with Crippen LogP contribution in [-0.4, -0.2) is 27.3 Å². The molecule has 0 spiro atoms. The molecule has 2 N–H and O–H groups in total. The van der Waals surface area contributed by atoms with Crippen LogP contribution in [0, 0.1) is 0 Å². The number of carbonyl (C=O) groups is 1. The van der Waals surface area contributed by atoms with Crippen LogP contribution >= 0.6 is 0 Å². The predicted octanol–water partition coefficient (Wildman–Crippen LogP) is 0.540. The summed E-state index contributed by atoms with van der Waals surface area (Å²) in [5.74, 6) is -1.26. The normalized spacial score (nSPS) is 13.0. The minimum atomic E-state index is -1.46. The van der Waals surface area contributed by atoms with E-state index in [-0.39, 0.29) is 0 Å². The van der Waals surface area contributed by atoms with Crippen molar-refractivity contribution >= 4 is 12.0 Å². The Morgan fingerprint density at radius 2 is 2.38 bits per heavy atom. The second-order valence-electron chi connectivity index (χ2n) is 2.43. The van der Waals surface area contributed by atoms with Crippen molar-refractivity contribution in [2.24, 2.45) is 0 Å². The van der Waals surface area contributed by atoms with Crippen LogP contribution in [0.3, 0.4) is 0 Å². The molecule has 1 unspecified atom stereocenters. The third-order valence-electron chi connectivity index (χ3n) is 1.41. The number of aliphatic hydroxyl groups excluding tert-OH is 1. The summed E-state index contributed by atoms with van der Waals surface area (Å²) in [6, 6.07) is 3.49. The molecule has 4 heteroatoms. The summed E-state index contributed by atoms with van der Waals surface area (Å²) in [5.41, 5.74) is 0.753. The molecule has 0 fully saturated rings. The number of aromatic nitrogens is 1. The first-order valence-electron chi connectivity index (χ1n) is 3.69. The largest absolute Gasteiger partial charge is 0.479 e. The van der Waals surface area contributed by atoms with Crippen molar-refractivity contribution in [3.63, 3.8) is 0 Å². The zero-order chi connectivity index (χ0) is 9.68. The first-order chi connectivity index (χ1) is 6.20. The highest BCUT2D eigenvalue weighted by Gasteiger charge is 2.06. The van der Waals surface area contributed by atoms with E-state index in [1.807, 2.05) is 0 Å². The number of aliphatic hydroxyl groups is 1. The van der Waals surface area contributed by atoms with Gasteiger partial charge >= 0.3 is 5.97 Å². The van der Waals surface area contributed by atoms with Gasteiger partial charge in [-0.25, -0.2) is 4.79 Å². The predicted molar refractivity (Wildman–Crippen MR) is 46.9 cm³/mol. The van der Waals surface area contributed by atoms with E-state index in [1.165, 1.54) is 12.2 Å². The molecule has 1 atom stereocenters. The highest BCUT2D eigenvalue weighted by molar-refractivity contribution is 5.75. The van der Waals surface area contributed by atoms with Crippen LogP contribution in [0.25, 0.3) is 6.08 Å². The van der Waals surface area contributed by atoms with E-state index >= 15 is 0 Å². The van der Waals surface area contributed by atoms with Crippen LogP contribution in [0.5, 0.6) is 0 Å². The Hall–Kier alpha value is -1.68. The summed E-state index contributed by atoms with van der Waals surface area (Å²) in [6.07, 6.45) is 4.43. The molecular formula is C9H9NO3. The van der Waals surface area contributed by atoms with Gasteiger partial charge in [0.2, 0.25) is 0 Å². The highest BCUT2D eigenvalue weighted by atomic mass is 16.4. The van der Waals surface area contributed by atoms with Gasteiger partial charge in [0.1, 0.15) is 0 Å². The Morgan fingerprint density at radius 3 is 2.92 bits per heavy atom. The average Bonchev–Trinajstić information content (AvgIpc) is 2.15. The maximum absolute atomic E-state index is 10.2. The molecule has 0 aromatic carbocycles. The Morgan fingerprint density at radius 1 is 1.62 bits per heavy atom. The van der Waals surface area contributed by atoms with E-state index in [1.54, 1.807) is 24.5 Å². The number of aliphatic carboxylic acids is 1. The second kappa shape index (κ2) is 4.37. The van der Waals surface area contributed by atoms with Gasteiger partial charge in [-0.1, -0.05) is 12.1 Å². The lowest BCUT2D eigenvalue weighted by molar-refractivity contribution is -0.143. The second-order valence-corrected chi connectivity index (χ2v) is 2.43. The molecule has 0 aliphatic carbocycles. The fourth-order valence-electron chi connectivity index (χ4n) is 0.759. The smallest absolute Gasteiger partial charge is 0.336 e. The van der Waals surface area contributed by atoms with E-state index in [9.17, 15) is 4.79 Å². The molecule has 4 nitrogen and oxygen atoms in total. The molecule has 0 aliphatic rings. The SMILES string of the molecule is O=C(O)C(O)C=Cc1cccnc1. The van der Waals surface area contributed by atoms with E-state index in [0.29, 0.717) is 0 Å². The molecule has 0 saturated heterocycles. The third-order valence-corrected chi connectivity index (χ3v) is 1.41. The summed E-state index contributed by atoms with van der Waals surface area (Å²) < 4.78 is 0. The number of nitrogens with zero attached hydrogens (tertiary/aromatic N) is 1. The van der Waals surface area contributed by atoms with Crippen molar-refractivity contribution in [1.29, 1.82) is 0 Å². The van der Waals surface area contributed by atoms with Gasteiger partial charge in [-0.15, -0.1) is 0 Å². The lowest BCUT2D eigenvalue weighted by Crippen LogP contribution is -2.15. The van der Waals surface area contributed by atoms with Crippen LogP contribution in [0.1, 0.15) is 5.56 Å². The van der Waals surface area contributed by atoms with Crippen molar-refractivity contribution in [3.05, 3.63) is 36.2 Å². The average molecular weight is 179 g/mol. The van der Waals surface area contributed by atoms with Crippen molar-refractivity contribution in [1.82, 2.24) is 4.98 Å². The van der Waals surface area contributed by atoms with Crippen LogP contribution in [0.15, 0.2) is 30.6 Å². The summed E-state index contributed by atoms with van der Waals surface area (Å²) in [7, 11) is 0. The Balaban J connectivity index is 2.64. The molecule has 68 valence electrons. The van der Waals surface area contributed by atoms with Crippen molar-refractivity contribution in [3.8, 4) is 0 Å². The summed E-state index contributed by atoms with van der Waals surface area (Å²) in [6.45, 7) is 0. The van der Waals surface area contributed by atoms with Gasteiger partial charge in [0, 0.05) is 12.4 Å².